The van der Waals surface area contributed by atoms with Crippen LogP contribution in [-0.4, -0.2) is 7.85 Å². The second-order valence-corrected chi connectivity index (χ2v) is 5.17. The van der Waals surface area contributed by atoms with Gasteiger partial charge in [0.1, 0.15) is 0 Å². The Hall–Kier alpha value is -0.195. The summed E-state index contributed by atoms with van der Waals surface area (Å²) in [5.41, 5.74) is 3.24. The number of hydrogen-bond donors (Lipinski definition) is 0. The fourth-order valence-corrected chi connectivity index (χ4v) is 3.19. The van der Waals surface area contributed by atoms with Gasteiger partial charge in [-0.3, -0.25) is 0 Å². The molecule has 0 amide bonds. The van der Waals surface area contributed by atoms with Gasteiger partial charge in [-0.25, -0.2) is 0 Å². The van der Waals surface area contributed by atoms with E-state index in [0.29, 0.717) is 0 Å². The van der Waals surface area contributed by atoms with Crippen LogP contribution < -0.4 is 0 Å². The highest BCUT2D eigenvalue weighted by Crippen LogP contribution is 2.46. The van der Waals surface area contributed by atoms with Crippen molar-refractivity contribution in [3.63, 3.8) is 0 Å². The van der Waals surface area contributed by atoms with Crippen LogP contribution in [0.4, 0.5) is 0 Å². The lowest BCUT2D eigenvalue weighted by molar-refractivity contribution is 0.266. The molecular formula is C13H23B. The maximum atomic E-state index is 5.71. The van der Waals surface area contributed by atoms with Crippen LogP contribution in [0.15, 0.2) is 11.1 Å². The lowest BCUT2D eigenvalue weighted by Gasteiger charge is -2.27. The summed E-state index contributed by atoms with van der Waals surface area (Å²) in [7, 11) is 5.71. The molecular weight excluding hydrogens is 167 g/mol. The minimum Gasteiger partial charge on any atom is -0.0884 e. The Labute approximate surface area is 90.6 Å². The Morgan fingerprint density at radius 3 is 2.21 bits per heavy atom. The summed E-state index contributed by atoms with van der Waals surface area (Å²) in [5, 5.41) is 0. The topological polar surface area (TPSA) is 0 Å². The van der Waals surface area contributed by atoms with Crippen LogP contribution >= 0.6 is 0 Å². The van der Waals surface area contributed by atoms with E-state index >= 15 is 0 Å². The fraction of sp³-hybridized carbons (Fsp3) is 0.846. The van der Waals surface area contributed by atoms with E-state index in [0.717, 1.165) is 30.0 Å². The molecule has 3 atom stereocenters. The summed E-state index contributed by atoms with van der Waals surface area (Å²) in [5.74, 6) is 3.06. The van der Waals surface area contributed by atoms with Crippen LogP contribution in [0.2, 0.25) is 6.32 Å². The number of hydrogen-bond acceptors (Lipinski definition) is 0. The molecule has 0 saturated carbocycles. The molecule has 0 aromatic carbocycles. The zero-order chi connectivity index (χ0) is 10.9. The summed E-state index contributed by atoms with van der Waals surface area (Å²) < 4.78 is 0. The summed E-state index contributed by atoms with van der Waals surface area (Å²) in [6, 6.07) is 0. The van der Waals surface area contributed by atoms with Crippen molar-refractivity contribution >= 4 is 7.85 Å². The van der Waals surface area contributed by atoms with E-state index in [9.17, 15) is 0 Å². The second kappa shape index (κ2) is 4.55. The van der Waals surface area contributed by atoms with Crippen LogP contribution in [0, 0.1) is 23.7 Å². The third-order valence-electron chi connectivity index (χ3n) is 4.13. The average molecular weight is 190 g/mol. The van der Waals surface area contributed by atoms with Gasteiger partial charge in [-0.2, -0.15) is 0 Å². The lowest BCUT2D eigenvalue weighted by Crippen LogP contribution is -2.20. The molecule has 2 radical (unpaired) electrons. The van der Waals surface area contributed by atoms with Crippen LogP contribution in [0.25, 0.3) is 0 Å². The Kier molecular flexibility index (Phi) is 3.86. The summed E-state index contributed by atoms with van der Waals surface area (Å²) >= 11 is 0. The first-order chi connectivity index (χ1) is 6.50. The molecule has 0 aliphatic heterocycles. The van der Waals surface area contributed by atoms with Crippen molar-refractivity contribution in [2.75, 3.05) is 0 Å². The maximum absolute atomic E-state index is 5.71. The molecule has 0 aromatic heterocycles. The van der Waals surface area contributed by atoms with E-state index in [1.54, 1.807) is 11.1 Å². The molecule has 3 unspecified atom stereocenters. The normalized spacial score (nSPS) is 33.1. The van der Waals surface area contributed by atoms with E-state index < -0.39 is 0 Å². The Bertz CT molecular complexity index is 227. The van der Waals surface area contributed by atoms with Crippen molar-refractivity contribution in [2.45, 2.75) is 47.4 Å². The summed E-state index contributed by atoms with van der Waals surface area (Å²) in [4.78, 5) is 0. The third kappa shape index (κ3) is 1.92. The van der Waals surface area contributed by atoms with Crippen molar-refractivity contribution in [3.05, 3.63) is 11.1 Å². The molecule has 0 nitrogen and oxygen atoms in total. The molecule has 0 aromatic rings. The van der Waals surface area contributed by atoms with Crippen molar-refractivity contribution in [1.82, 2.24) is 0 Å². The van der Waals surface area contributed by atoms with Gasteiger partial charge in [0.25, 0.3) is 0 Å². The van der Waals surface area contributed by atoms with E-state index in [1.807, 2.05) is 0 Å². The molecule has 0 N–H and O–H groups in total. The molecule has 0 fully saturated rings. The molecule has 0 spiro atoms. The first-order valence-corrected chi connectivity index (χ1v) is 5.88. The summed E-state index contributed by atoms with van der Waals surface area (Å²) in [6.07, 6.45) is 2.01. The molecule has 78 valence electrons. The van der Waals surface area contributed by atoms with E-state index in [1.165, 1.54) is 6.42 Å². The van der Waals surface area contributed by atoms with Gasteiger partial charge in [0.15, 0.2) is 0 Å². The summed E-state index contributed by atoms with van der Waals surface area (Å²) in [6.45, 7) is 11.6. The van der Waals surface area contributed by atoms with E-state index in [-0.39, 0.29) is 0 Å². The molecule has 0 saturated heterocycles. The first kappa shape index (κ1) is 11.9. The number of rotatable bonds is 3. The zero-order valence-electron chi connectivity index (χ0n) is 10.3. The van der Waals surface area contributed by atoms with Crippen LogP contribution in [0.5, 0.6) is 0 Å². The van der Waals surface area contributed by atoms with Gasteiger partial charge in [0.05, 0.1) is 7.85 Å². The van der Waals surface area contributed by atoms with Crippen molar-refractivity contribution < 1.29 is 0 Å². The molecule has 0 heterocycles. The standard InChI is InChI=1S/C13H23B/c1-8(2)13-11(5)9(3)10(4)12(13)6-7-14/h8,10,12-13H,6-7H2,1-5H3. The van der Waals surface area contributed by atoms with Crippen LogP contribution in [0.1, 0.15) is 41.0 Å². The predicted octanol–water partition coefficient (Wildman–Crippen LogP) is 3.84. The van der Waals surface area contributed by atoms with Crippen molar-refractivity contribution in [2.24, 2.45) is 23.7 Å². The van der Waals surface area contributed by atoms with Crippen LogP contribution in [0.3, 0.4) is 0 Å². The lowest BCUT2D eigenvalue weighted by atomic mass is 9.75. The highest BCUT2D eigenvalue weighted by atomic mass is 14.4. The third-order valence-corrected chi connectivity index (χ3v) is 4.13. The van der Waals surface area contributed by atoms with Crippen molar-refractivity contribution in [3.8, 4) is 0 Å². The largest absolute Gasteiger partial charge is 0.0884 e. The minimum absolute atomic E-state index is 0.742. The first-order valence-electron chi connectivity index (χ1n) is 5.88. The molecule has 1 rings (SSSR count). The molecule has 1 heteroatoms. The highest BCUT2D eigenvalue weighted by Gasteiger charge is 2.36. The fourth-order valence-electron chi connectivity index (χ4n) is 3.19. The quantitative estimate of drug-likeness (QED) is 0.468. The Morgan fingerprint density at radius 2 is 1.79 bits per heavy atom. The maximum Gasteiger partial charge on any atom is 0.0653 e. The average Bonchev–Trinajstić information content (AvgIpc) is 2.32. The van der Waals surface area contributed by atoms with Gasteiger partial charge < -0.3 is 0 Å². The SMILES string of the molecule is [B]CCC1C(C)C(C)=C(C)C1C(C)C. The van der Waals surface area contributed by atoms with E-state index in [4.69, 9.17) is 7.85 Å². The predicted molar refractivity (Wildman–Crippen MR) is 64.5 cm³/mol. The zero-order valence-corrected chi connectivity index (χ0v) is 10.3. The molecule has 1 aliphatic carbocycles. The minimum atomic E-state index is 0.742. The second-order valence-electron chi connectivity index (χ2n) is 5.17. The van der Waals surface area contributed by atoms with Gasteiger partial charge in [-0.1, -0.05) is 44.7 Å². The molecule has 1 aliphatic rings. The van der Waals surface area contributed by atoms with Crippen LogP contribution in [-0.2, 0) is 0 Å². The van der Waals surface area contributed by atoms with Gasteiger partial charge in [0.2, 0.25) is 0 Å². The van der Waals surface area contributed by atoms with Crippen molar-refractivity contribution in [1.29, 1.82) is 0 Å². The van der Waals surface area contributed by atoms with Gasteiger partial charge in [0, 0.05) is 0 Å². The molecule has 14 heavy (non-hydrogen) atoms. The smallest absolute Gasteiger partial charge is 0.0653 e. The Morgan fingerprint density at radius 1 is 1.21 bits per heavy atom. The Balaban J connectivity index is 2.88. The molecule has 0 bridgehead atoms. The number of allylic oxidation sites excluding steroid dienone is 2. The highest BCUT2D eigenvalue weighted by molar-refractivity contribution is 6.08. The van der Waals surface area contributed by atoms with Gasteiger partial charge in [-0.05, 0) is 37.5 Å². The monoisotopic (exact) mass is 190 g/mol. The van der Waals surface area contributed by atoms with Gasteiger partial charge >= 0.3 is 0 Å². The van der Waals surface area contributed by atoms with E-state index in [2.05, 4.69) is 34.6 Å². The van der Waals surface area contributed by atoms with Gasteiger partial charge in [-0.15, -0.1) is 0 Å².